The van der Waals surface area contributed by atoms with Gasteiger partial charge in [0.25, 0.3) is 5.91 Å². The Labute approximate surface area is 131 Å². The van der Waals surface area contributed by atoms with Crippen LogP contribution in [0.2, 0.25) is 0 Å². The predicted molar refractivity (Wildman–Crippen MR) is 86.4 cm³/mol. The fourth-order valence-electron chi connectivity index (χ4n) is 2.08. The second kappa shape index (κ2) is 10.6. The molecule has 1 aromatic carbocycles. The van der Waals surface area contributed by atoms with Crippen LogP contribution in [-0.4, -0.2) is 12.5 Å². The van der Waals surface area contributed by atoms with Gasteiger partial charge in [0.15, 0.2) is 0 Å². The van der Waals surface area contributed by atoms with Crippen LogP contribution in [0, 0.1) is 17.1 Å². The van der Waals surface area contributed by atoms with Gasteiger partial charge in [-0.1, -0.05) is 51.2 Å². The maximum Gasteiger partial charge on any atom is 0.261 e. The number of unbranched alkanes of at least 4 members (excludes halogenated alkanes) is 5. The Balaban J connectivity index is 2.38. The Kier molecular flexibility index (Phi) is 8.59. The van der Waals surface area contributed by atoms with Crippen LogP contribution in [0.15, 0.2) is 29.8 Å². The van der Waals surface area contributed by atoms with Crippen LogP contribution < -0.4 is 5.32 Å². The van der Waals surface area contributed by atoms with Gasteiger partial charge in [-0.3, -0.25) is 4.79 Å². The lowest BCUT2D eigenvalue weighted by Crippen LogP contribution is -2.25. The van der Waals surface area contributed by atoms with Crippen LogP contribution >= 0.6 is 0 Å². The Morgan fingerprint density at radius 2 is 1.82 bits per heavy atom. The van der Waals surface area contributed by atoms with Crippen molar-refractivity contribution in [2.24, 2.45) is 0 Å². The van der Waals surface area contributed by atoms with Gasteiger partial charge in [0.05, 0.1) is 0 Å². The molecular weight excluding hydrogens is 279 g/mol. The molecule has 0 aliphatic heterocycles. The van der Waals surface area contributed by atoms with Crippen molar-refractivity contribution in [1.82, 2.24) is 5.32 Å². The molecule has 0 atom stereocenters. The van der Waals surface area contributed by atoms with E-state index in [1.165, 1.54) is 56.0 Å². The van der Waals surface area contributed by atoms with Crippen LogP contribution in [0.5, 0.6) is 0 Å². The van der Waals surface area contributed by atoms with Crippen molar-refractivity contribution in [2.75, 3.05) is 6.54 Å². The number of amides is 1. The molecular formula is C18H23FN2O. The number of carbonyl (C=O) groups is 1. The third-order valence-electron chi connectivity index (χ3n) is 3.36. The highest BCUT2D eigenvalue weighted by Gasteiger charge is 2.08. The van der Waals surface area contributed by atoms with E-state index in [-0.39, 0.29) is 17.3 Å². The van der Waals surface area contributed by atoms with Crippen molar-refractivity contribution in [2.45, 2.75) is 45.4 Å². The number of hydrogen-bond acceptors (Lipinski definition) is 2. The second-order valence-corrected chi connectivity index (χ2v) is 5.25. The van der Waals surface area contributed by atoms with Gasteiger partial charge in [0.1, 0.15) is 17.5 Å². The number of benzene rings is 1. The minimum absolute atomic E-state index is 0.0394. The Hall–Kier alpha value is -2.15. The first-order chi connectivity index (χ1) is 10.7. The lowest BCUT2D eigenvalue weighted by Gasteiger charge is -2.04. The maximum absolute atomic E-state index is 12.8. The molecule has 0 radical (unpaired) electrons. The summed E-state index contributed by atoms with van der Waals surface area (Å²) in [5.41, 5.74) is 0.672. The number of halogens is 1. The van der Waals surface area contributed by atoms with Crippen LogP contribution in [0.3, 0.4) is 0 Å². The molecule has 0 fully saturated rings. The summed E-state index contributed by atoms with van der Waals surface area (Å²) in [4.78, 5) is 11.9. The van der Waals surface area contributed by atoms with Crippen LogP contribution in [0.4, 0.5) is 4.39 Å². The van der Waals surface area contributed by atoms with Gasteiger partial charge in [-0.05, 0) is 30.2 Å². The molecule has 4 heteroatoms. The van der Waals surface area contributed by atoms with Crippen molar-refractivity contribution < 1.29 is 9.18 Å². The van der Waals surface area contributed by atoms with E-state index >= 15 is 0 Å². The zero-order valence-corrected chi connectivity index (χ0v) is 13.1. The van der Waals surface area contributed by atoms with Gasteiger partial charge >= 0.3 is 0 Å². The normalized spacial score (nSPS) is 11.0. The largest absolute Gasteiger partial charge is 0.351 e. The molecule has 0 saturated carbocycles. The number of nitrogens with zero attached hydrogens (tertiary/aromatic N) is 1. The molecule has 1 aromatic rings. The third kappa shape index (κ3) is 7.03. The molecule has 0 heterocycles. The average molecular weight is 302 g/mol. The monoisotopic (exact) mass is 302 g/mol. The van der Waals surface area contributed by atoms with E-state index in [1.54, 1.807) is 0 Å². The highest BCUT2D eigenvalue weighted by atomic mass is 19.1. The van der Waals surface area contributed by atoms with Crippen LogP contribution in [0.1, 0.15) is 51.0 Å². The topological polar surface area (TPSA) is 52.9 Å². The molecule has 1 rings (SSSR count). The second-order valence-electron chi connectivity index (χ2n) is 5.25. The van der Waals surface area contributed by atoms with E-state index in [9.17, 15) is 9.18 Å². The van der Waals surface area contributed by atoms with Gasteiger partial charge in [-0.25, -0.2) is 4.39 Å². The van der Waals surface area contributed by atoms with Crippen LogP contribution in [0.25, 0.3) is 6.08 Å². The standard InChI is InChI=1S/C18H23FN2O/c1-2-3-4-5-6-7-12-21-18(22)16(14-20)13-15-8-10-17(19)11-9-15/h8-11,13H,2-7,12H2,1H3,(H,21,22)/b16-13+. The van der Waals surface area contributed by atoms with Crippen molar-refractivity contribution in [1.29, 1.82) is 5.26 Å². The van der Waals surface area contributed by atoms with E-state index in [0.29, 0.717) is 12.1 Å². The van der Waals surface area contributed by atoms with E-state index < -0.39 is 0 Å². The molecule has 0 aliphatic carbocycles. The molecule has 0 aromatic heterocycles. The zero-order valence-electron chi connectivity index (χ0n) is 13.1. The summed E-state index contributed by atoms with van der Waals surface area (Å²) in [5, 5.41) is 11.8. The Morgan fingerprint density at radius 3 is 2.45 bits per heavy atom. The lowest BCUT2D eigenvalue weighted by molar-refractivity contribution is -0.117. The summed E-state index contributed by atoms with van der Waals surface area (Å²) < 4.78 is 12.8. The van der Waals surface area contributed by atoms with E-state index in [4.69, 9.17) is 5.26 Å². The molecule has 0 aliphatic rings. The van der Waals surface area contributed by atoms with Gasteiger partial charge in [-0.15, -0.1) is 0 Å². The molecule has 22 heavy (non-hydrogen) atoms. The first-order valence-corrected chi connectivity index (χ1v) is 7.83. The molecule has 0 saturated heterocycles. The van der Waals surface area contributed by atoms with Crippen LogP contribution in [-0.2, 0) is 4.79 Å². The molecule has 118 valence electrons. The summed E-state index contributed by atoms with van der Waals surface area (Å²) in [6, 6.07) is 7.56. The summed E-state index contributed by atoms with van der Waals surface area (Å²) in [5.74, 6) is -0.719. The summed E-state index contributed by atoms with van der Waals surface area (Å²) in [7, 11) is 0. The average Bonchev–Trinajstić information content (AvgIpc) is 2.53. The van der Waals surface area contributed by atoms with Crippen molar-refractivity contribution >= 4 is 12.0 Å². The molecule has 3 nitrogen and oxygen atoms in total. The van der Waals surface area contributed by atoms with Gasteiger partial charge in [-0.2, -0.15) is 5.26 Å². The van der Waals surface area contributed by atoms with Crippen molar-refractivity contribution in [3.8, 4) is 6.07 Å². The predicted octanol–water partition coefficient (Wildman–Crippen LogP) is 4.21. The highest BCUT2D eigenvalue weighted by Crippen LogP contribution is 2.08. The van der Waals surface area contributed by atoms with E-state index in [0.717, 1.165) is 12.8 Å². The van der Waals surface area contributed by atoms with Crippen molar-refractivity contribution in [3.63, 3.8) is 0 Å². The van der Waals surface area contributed by atoms with Crippen molar-refractivity contribution in [3.05, 3.63) is 41.2 Å². The highest BCUT2D eigenvalue weighted by molar-refractivity contribution is 6.01. The summed E-state index contributed by atoms with van der Waals surface area (Å²) in [6.07, 6.45) is 8.37. The first-order valence-electron chi connectivity index (χ1n) is 7.83. The fourth-order valence-corrected chi connectivity index (χ4v) is 2.08. The number of nitriles is 1. The van der Waals surface area contributed by atoms with Gasteiger partial charge in [0, 0.05) is 6.54 Å². The van der Waals surface area contributed by atoms with E-state index in [1.807, 2.05) is 6.07 Å². The molecule has 0 unspecified atom stereocenters. The molecule has 0 spiro atoms. The number of hydrogen-bond donors (Lipinski definition) is 1. The molecule has 1 N–H and O–H groups in total. The first kappa shape index (κ1) is 17.9. The van der Waals surface area contributed by atoms with E-state index in [2.05, 4.69) is 12.2 Å². The minimum atomic E-state index is -0.375. The minimum Gasteiger partial charge on any atom is -0.351 e. The van der Waals surface area contributed by atoms with Gasteiger partial charge < -0.3 is 5.32 Å². The Morgan fingerprint density at radius 1 is 1.18 bits per heavy atom. The third-order valence-corrected chi connectivity index (χ3v) is 3.36. The Bertz CT molecular complexity index is 529. The SMILES string of the molecule is CCCCCCCCNC(=O)/C(C#N)=C/c1ccc(F)cc1. The molecule has 1 amide bonds. The summed E-state index contributed by atoms with van der Waals surface area (Å²) >= 11 is 0. The van der Waals surface area contributed by atoms with Gasteiger partial charge in [0.2, 0.25) is 0 Å². The summed E-state index contributed by atoms with van der Waals surface area (Å²) in [6.45, 7) is 2.75. The number of rotatable bonds is 9. The number of carbonyl (C=O) groups excluding carboxylic acids is 1. The zero-order chi connectivity index (χ0) is 16.2. The lowest BCUT2D eigenvalue weighted by atomic mass is 10.1. The quantitative estimate of drug-likeness (QED) is 0.422. The fraction of sp³-hybridized carbons (Fsp3) is 0.444. The maximum atomic E-state index is 12.8. The smallest absolute Gasteiger partial charge is 0.261 e. The number of nitrogens with one attached hydrogen (secondary N) is 1. The molecule has 0 bridgehead atoms.